The van der Waals surface area contributed by atoms with Crippen LogP contribution in [0.4, 0.5) is 0 Å². The number of alkyl halides is 1. The maximum absolute atomic E-state index is 5.80. The minimum atomic E-state index is 0.612. The van der Waals surface area contributed by atoms with Gasteiger partial charge in [-0.1, -0.05) is 27.5 Å². The molecule has 2 aromatic heterocycles. The van der Waals surface area contributed by atoms with E-state index in [9.17, 15) is 0 Å². The molecule has 0 amide bonds. The Morgan fingerprint density at radius 2 is 2.27 bits per heavy atom. The van der Waals surface area contributed by atoms with Gasteiger partial charge in [0, 0.05) is 11.5 Å². The molecule has 0 saturated carbocycles. The first-order valence-corrected chi connectivity index (χ1v) is 5.92. The van der Waals surface area contributed by atoms with Crippen molar-refractivity contribution in [2.45, 2.75) is 12.3 Å². The number of halogens is 2. The highest BCUT2D eigenvalue weighted by Crippen LogP contribution is 2.15. The van der Waals surface area contributed by atoms with E-state index in [2.05, 4.69) is 32.1 Å². The highest BCUT2D eigenvalue weighted by atomic mass is 79.9. The molecule has 0 fully saturated rings. The van der Waals surface area contributed by atoms with Crippen LogP contribution < -0.4 is 0 Å². The quantitative estimate of drug-likeness (QED) is 0.794. The fourth-order valence-electron chi connectivity index (χ4n) is 1.36. The Bertz CT molecular complexity index is 481. The third-order valence-electron chi connectivity index (χ3n) is 2.03. The number of nitrogens with zero attached hydrogens (tertiary/aromatic N) is 3. The number of hydrogen-bond acceptors (Lipinski definition) is 2. The Morgan fingerprint density at radius 3 is 2.80 bits per heavy atom. The largest absolute Gasteiger partial charge is 0.237 e. The number of aromatic nitrogens is 3. The van der Waals surface area contributed by atoms with Crippen molar-refractivity contribution in [2.75, 3.05) is 0 Å². The third-order valence-corrected chi connectivity index (χ3v) is 2.87. The second-order valence-electron chi connectivity index (χ2n) is 3.22. The van der Waals surface area contributed by atoms with Crippen LogP contribution in [0.25, 0.3) is 5.82 Å². The van der Waals surface area contributed by atoms with E-state index in [1.807, 2.05) is 13.1 Å². The van der Waals surface area contributed by atoms with Gasteiger partial charge in [0.15, 0.2) is 5.82 Å². The van der Waals surface area contributed by atoms with Crippen LogP contribution in [-0.2, 0) is 5.33 Å². The molecule has 78 valence electrons. The van der Waals surface area contributed by atoms with Crippen LogP contribution in [0.5, 0.6) is 0 Å². The first-order valence-electron chi connectivity index (χ1n) is 4.42. The van der Waals surface area contributed by atoms with Crippen molar-refractivity contribution in [2.24, 2.45) is 0 Å². The predicted octanol–water partition coefficient (Wildman–Crippen LogP) is 3.12. The maximum Gasteiger partial charge on any atom is 0.156 e. The summed E-state index contributed by atoms with van der Waals surface area (Å²) < 4.78 is 1.68. The van der Waals surface area contributed by atoms with Crippen LogP contribution in [0.1, 0.15) is 11.1 Å². The minimum Gasteiger partial charge on any atom is -0.237 e. The average molecular weight is 287 g/mol. The van der Waals surface area contributed by atoms with Gasteiger partial charge in [-0.2, -0.15) is 5.10 Å². The van der Waals surface area contributed by atoms with Gasteiger partial charge in [-0.15, -0.1) is 0 Å². The van der Waals surface area contributed by atoms with Gasteiger partial charge in [-0.25, -0.2) is 9.67 Å². The number of hydrogen-bond donors (Lipinski definition) is 0. The van der Waals surface area contributed by atoms with Crippen molar-refractivity contribution < 1.29 is 0 Å². The van der Waals surface area contributed by atoms with Crippen molar-refractivity contribution >= 4 is 27.5 Å². The van der Waals surface area contributed by atoms with Crippen molar-refractivity contribution in [3.05, 3.63) is 40.8 Å². The van der Waals surface area contributed by atoms with Crippen molar-refractivity contribution in [3.63, 3.8) is 0 Å². The normalized spacial score (nSPS) is 10.6. The third kappa shape index (κ3) is 2.21. The van der Waals surface area contributed by atoms with E-state index in [0.717, 1.165) is 22.3 Å². The van der Waals surface area contributed by atoms with Crippen LogP contribution in [0.2, 0.25) is 5.02 Å². The molecular weight excluding hydrogens is 277 g/mol. The van der Waals surface area contributed by atoms with Crippen LogP contribution in [-0.4, -0.2) is 14.8 Å². The van der Waals surface area contributed by atoms with Gasteiger partial charge in [0.25, 0.3) is 0 Å². The van der Waals surface area contributed by atoms with E-state index < -0.39 is 0 Å². The zero-order valence-corrected chi connectivity index (χ0v) is 10.5. The molecule has 0 atom stereocenters. The highest BCUT2D eigenvalue weighted by Gasteiger charge is 2.05. The summed E-state index contributed by atoms with van der Waals surface area (Å²) in [4.78, 5) is 4.34. The molecule has 5 heteroatoms. The molecule has 0 N–H and O–H groups in total. The Kier molecular flexibility index (Phi) is 3.07. The molecule has 2 heterocycles. The zero-order chi connectivity index (χ0) is 10.8. The van der Waals surface area contributed by atoms with Crippen LogP contribution in [0.3, 0.4) is 0 Å². The lowest BCUT2D eigenvalue weighted by Crippen LogP contribution is -2.01. The van der Waals surface area contributed by atoms with Gasteiger partial charge >= 0.3 is 0 Å². The van der Waals surface area contributed by atoms with Crippen LogP contribution in [0.15, 0.2) is 24.7 Å². The SMILES string of the molecule is Cc1cc(CBr)cnc1-n1cc(Cl)cn1. The molecule has 0 bridgehead atoms. The van der Waals surface area contributed by atoms with Crippen LogP contribution >= 0.6 is 27.5 Å². The van der Waals surface area contributed by atoms with E-state index >= 15 is 0 Å². The molecule has 0 radical (unpaired) electrons. The molecule has 0 aromatic carbocycles. The maximum atomic E-state index is 5.80. The predicted molar refractivity (Wildman–Crippen MR) is 63.7 cm³/mol. The molecule has 3 nitrogen and oxygen atoms in total. The fraction of sp³-hybridized carbons (Fsp3) is 0.200. The Labute approximate surface area is 101 Å². The summed E-state index contributed by atoms with van der Waals surface area (Å²) in [5.74, 6) is 0.812. The van der Waals surface area contributed by atoms with Crippen molar-refractivity contribution in [3.8, 4) is 5.82 Å². The summed E-state index contributed by atoms with van der Waals surface area (Å²) in [6.07, 6.45) is 5.17. The average Bonchev–Trinajstić information content (AvgIpc) is 2.64. The standard InChI is InChI=1S/C10H9BrClN3/c1-7-2-8(3-11)4-13-10(7)15-6-9(12)5-14-15/h2,4-6H,3H2,1H3. The lowest BCUT2D eigenvalue weighted by Gasteiger charge is -2.05. The smallest absolute Gasteiger partial charge is 0.156 e. The number of rotatable bonds is 2. The van der Waals surface area contributed by atoms with E-state index in [0.29, 0.717) is 5.02 Å². The second-order valence-corrected chi connectivity index (χ2v) is 4.22. The molecular formula is C10H9BrClN3. The molecule has 2 aromatic rings. The molecule has 0 spiro atoms. The molecule has 0 aliphatic carbocycles. The van der Waals surface area contributed by atoms with Gasteiger partial charge in [-0.05, 0) is 24.1 Å². The Morgan fingerprint density at radius 1 is 1.47 bits per heavy atom. The zero-order valence-electron chi connectivity index (χ0n) is 8.11. The first kappa shape index (κ1) is 10.6. The van der Waals surface area contributed by atoms with Gasteiger partial charge < -0.3 is 0 Å². The van der Waals surface area contributed by atoms with Crippen LogP contribution in [0, 0.1) is 6.92 Å². The fourth-order valence-corrected chi connectivity index (χ4v) is 1.80. The second kappa shape index (κ2) is 4.33. The lowest BCUT2D eigenvalue weighted by atomic mass is 10.2. The monoisotopic (exact) mass is 285 g/mol. The summed E-state index contributed by atoms with van der Waals surface area (Å²) >= 11 is 9.20. The molecule has 15 heavy (non-hydrogen) atoms. The lowest BCUT2D eigenvalue weighted by molar-refractivity contribution is 0.836. The molecule has 0 saturated heterocycles. The molecule has 0 aliphatic heterocycles. The molecule has 2 rings (SSSR count). The van der Waals surface area contributed by atoms with Crippen molar-refractivity contribution in [1.82, 2.24) is 14.8 Å². The Hall–Kier alpha value is -0.870. The summed E-state index contributed by atoms with van der Waals surface area (Å²) in [5, 5.41) is 5.53. The topological polar surface area (TPSA) is 30.7 Å². The van der Waals surface area contributed by atoms with Gasteiger partial charge in [0.05, 0.1) is 17.4 Å². The summed E-state index contributed by atoms with van der Waals surface area (Å²) in [5.41, 5.74) is 2.22. The van der Waals surface area contributed by atoms with E-state index in [-0.39, 0.29) is 0 Å². The molecule has 0 unspecified atom stereocenters. The highest BCUT2D eigenvalue weighted by molar-refractivity contribution is 9.08. The summed E-state index contributed by atoms with van der Waals surface area (Å²) in [6, 6.07) is 2.08. The van der Waals surface area contributed by atoms with E-state index in [4.69, 9.17) is 11.6 Å². The Balaban J connectivity index is 2.45. The van der Waals surface area contributed by atoms with Gasteiger partial charge in [0.2, 0.25) is 0 Å². The first-order chi connectivity index (χ1) is 7.20. The van der Waals surface area contributed by atoms with E-state index in [1.165, 1.54) is 0 Å². The summed E-state index contributed by atoms with van der Waals surface area (Å²) in [7, 11) is 0. The minimum absolute atomic E-state index is 0.612. The van der Waals surface area contributed by atoms with Gasteiger partial charge in [0.1, 0.15) is 0 Å². The van der Waals surface area contributed by atoms with Crippen molar-refractivity contribution in [1.29, 1.82) is 0 Å². The number of pyridine rings is 1. The molecule has 0 aliphatic rings. The number of aryl methyl sites for hydroxylation is 1. The summed E-state index contributed by atoms with van der Waals surface area (Å²) in [6.45, 7) is 2.00. The van der Waals surface area contributed by atoms with Gasteiger partial charge in [-0.3, -0.25) is 0 Å². The van der Waals surface area contributed by atoms with E-state index in [1.54, 1.807) is 17.1 Å².